The van der Waals surface area contributed by atoms with Crippen LogP contribution in [0.15, 0.2) is 30.3 Å². The number of rotatable bonds is 3. The standard InChI is InChI=1S/C15H13ClN2O3S/c1-8(12-4-5-13(16)22-12)17-15(20)9-2-3-10-11(6-9)21-7-14(19)18-10/h2-6,8H,7H2,1H3,(H,17,20)(H,18,19)/t8-/m0/s1. The minimum Gasteiger partial charge on any atom is -0.482 e. The van der Waals surface area contributed by atoms with E-state index in [-0.39, 0.29) is 24.5 Å². The summed E-state index contributed by atoms with van der Waals surface area (Å²) in [6.07, 6.45) is 0. The van der Waals surface area contributed by atoms with E-state index >= 15 is 0 Å². The summed E-state index contributed by atoms with van der Waals surface area (Å²) >= 11 is 7.34. The normalized spacial score (nSPS) is 14.5. The monoisotopic (exact) mass is 336 g/mol. The van der Waals surface area contributed by atoms with Gasteiger partial charge in [0.1, 0.15) is 5.75 Å². The molecule has 1 aliphatic heterocycles. The number of carbonyl (C=O) groups excluding carboxylic acids is 2. The SMILES string of the molecule is C[C@H](NC(=O)c1ccc2c(c1)OCC(=O)N2)c1ccc(Cl)s1. The van der Waals surface area contributed by atoms with Gasteiger partial charge in [0.05, 0.1) is 16.1 Å². The van der Waals surface area contributed by atoms with Crippen molar-refractivity contribution in [3.8, 4) is 5.75 Å². The third-order valence-electron chi connectivity index (χ3n) is 3.25. The van der Waals surface area contributed by atoms with Crippen LogP contribution in [0.5, 0.6) is 5.75 Å². The first-order chi connectivity index (χ1) is 10.5. The number of hydrogen-bond acceptors (Lipinski definition) is 4. The van der Waals surface area contributed by atoms with Crippen molar-refractivity contribution in [3.05, 3.63) is 45.1 Å². The van der Waals surface area contributed by atoms with Crippen molar-refractivity contribution >= 4 is 40.4 Å². The minimum atomic E-state index is -0.208. The smallest absolute Gasteiger partial charge is 0.262 e. The van der Waals surface area contributed by atoms with Gasteiger partial charge in [0.25, 0.3) is 11.8 Å². The first-order valence-corrected chi connectivity index (χ1v) is 7.85. The molecule has 114 valence electrons. The van der Waals surface area contributed by atoms with Gasteiger partial charge in [0.15, 0.2) is 6.61 Å². The second kappa shape index (κ2) is 5.98. The lowest BCUT2D eigenvalue weighted by atomic mass is 10.1. The number of amides is 2. The summed E-state index contributed by atoms with van der Waals surface area (Å²) in [7, 11) is 0. The van der Waals surface area contributed by atoms with Crippen LogP contribution >= 0.6 is 22.9 Å². The molecule has 3 rings (SSSR count). The summed E-state index contributed by atoms with van der Waals surface area (Å²) in [5, 5.41) is 5.60. The molecule has 0 spiro atoms. The lowest BCUT2D eigenvalue weighted by molar-refractivity contribution is -0.118. The Morgan fingerprint density at radius 1 is 1.41 bits per heavy atom. The highest BCUT2D eigenvalue weighted by molar-refractivity contribution is 7.16. The Hall–Kier alpha value is -2.05. The summed E-state index contributed by atoms with van der Waals surface area (Å²) in [5.41, 5.74) is 1.05. The lowest BCUT2D eigenvalue weighted by Crippen LogP contribution is -2.28. The zero-order valence-corrected chi connectivity index (χ0v) is 13.3. The first kappa shape index (κ1) is 14.9. The Kier molecular flexibility index (Phi) is 4.04. The van der Waals surface area contributed by atoms with E-state index < -0.39 is 0 Å². The number of ether oxygens (including phenoxy) is 1. The third kappa shape index (κ3) is 3.08. The Labute approximate surface area is 136 Å². The second-order valence-corrected chi connectivity index (χ2v) is 6.63. The highest BCUT2D eigenvalue weighted by atomic mass is 35.5. The van der Waals surface area contributed by atoms with Gasteiger partial charge >= 0.3 is 0 Å². The molecule has 5 nitrogen and oxygen atoms in total. The van der Waals surface area contributed by atoms with Gasteiger partial charge < -0.3 is 15.4 Å². The van der Waals surface area contributed by atoms with Crippen LogP contribution in [0.1, 0.15) is 28.2 Å². The number of fused-ring (bicyclic) bond motifs is 1. The highest BCUT2D eigenvalue weighted by Gasteiger charge is 2.19. The summed E-state index contributed by atoms with van der Waals surface area (Å²) in [6.45, 7) is 1.86. The van der Waals surface area contributed by atoms with E-state index in [1.807, 2.05) is 13.0 Å². The summed E-state index contributed by atoms with van der Waals surface area (Å²) in [5.74, 6) is 0.0901. The van der Waals surface area contributed by atoms with Gasteiger partial charge in [-0.15, -0.1) is 11.3 Å². The number of carbonyl (C=O) groups is 2. The van der Waals surface area contributed by atoms with Crippen LogP contribution in [0, 0.1) is 0 Å². The van der Waals surface area contributed by atoms with Crippen LogP contribution in [0.4, 0.5) is 5.69 Å². The first-order valence-electron chi connectivity index (χ1n) is 6.66. The van der Waals surface area contributed by atoms with Crippen molar-refractivity contribution in [1.29, 1.82) is 0 Å². The van der Waals surface area contributed by atoms with Crippen molar-refractivity contribution in [2.24, 2.45) is 0 Å². The highest BCUT2D eigenvalue weighted by Crippen LogP contribution is 2.29. The summed E-state index contributed by atoms with van der Waals surface area (Å²) < 4.78 is 6.00. The predicted molar refractivity (Wildman–Crippen MR) is 85.8 cm³/mol. The molecular weight excluding hydrogens is 324 g/mol. The van der Waals surface area contributed by atoms with E-state index in [1.165, 1.54) is 11.3 Å². The van der Waals surface area contributed by atoms with E-state index in [0.717, 1.165) is 4.88 Å². The number of thiophene rings is 1. The predicted octanol–water partition coefficient (Wildman–Crippen LogP) is 3.22. The van der Waals surface area contributed by atoms with Crippen LogP contribution in [0.2, 0.25) is 4.34 Å². The van der Waals surface area contributed by atoms with Crippen molar-refractivity contribution in [1.82, 2.24) is 5.32 Å². The Morgan fingerprint density at radius 3 is 2.95 bits per heavy atom. The van der Waals surface area contributed by atoms with E-state index in [2.05, 4.69) is 10.6 Å². The molecule has 0 saturated carbocycles. The van der Waals surface area contributed by atoms with Gasteiger partial charge in [0.2, 0.25) is 0 Å². The van der Waals surface area contributed by atoms with Gasteiger partial charge in [-0.1, -0.05) is 11.6 Å². The van der Waals surface area contributed by atoms with Gasteiger partial charge in [-0.3, -0.25) is 9.59 Å². The lowest BCUT2D eigenvalue weighted by Gasteiger charge is -2.19. The molecule has 0 radical (unpaired) electrons. The average molecular weight is 337 g/mol. The Balaban J connectivity index is 1.74. The average Bonchev–Trinajstić information content (AvgIpc) is 2.93. The maximum absolute atomic E-state index is 12.3. The molecular formula is C15H13ClN2O3S. The molecule has 0 bridgehead atoms. The molecule has 1 aliphatic rings. The molecule has 7 heteroatoms. The summed E-state index contributed by atoms with van der Waals surface area (Å²) in [4.78, 5) is 24.5. The zero-order chi connectivity index (χ0) is 15.7. The molecule has 1 aromatic carbocycles. The molecule has 2 N–H and O–H groups in total. The fraction of sp³-hybridized carbons (Fsp3) is 0.200. The number of hydrogen-bond donors (Lipinski definition) is 2. The van der Waals surface area contributed by atoms with E-state index in [1.54, 1.807) is 24.3 Å². The molecule has 1 aromatic heterocycles. The van der Waals surface area contributed by atoms with Gasteiger partial charge in [-0.25, -0.2) is 0 Å². The van der Waals surface area contributed by atoms with Crippen molar-refractivity contribution < 1.29 is 14.3 Å². The zero-order valence-electron chi connectivity index (χ0n) is 11.7. The van der Waals surface area contributed by atoms with E-state index in [4.69, 9.17) is 16.3 Å². The maximum Gasteiger partial charge on any atom is 0.262 e. The Bertz CT molecular complexity index is 744. The number of anilines is 1. The molecule has 1 atom stereocenters. The fourth-order valence-corrected chi connectivity index (χ4v) is 3.19. The van der Waals surface area contributed by atoms with Gasteiger partial charge in [-0.05, 0) is 37.3 Å². The van der Waals surface area contributed by atoms with Crippen molar-refractivity contribution in [2.45, 2.75) is 13.0 Å². The van der Waals surface area contributed by atoms with Gasteiger partial charge in [0, 0.05) is 10.4 Å². The number of benzene rings is 1. The van der Waals surface area contributed by atoms with Crippen LogP contribution in [-0.4, -0.2) is 18.4 Å². The van der Waals surface area contributed by atoms with Crippen LogP contribution in [-0.2, 0) is 4.79 Å². The van der Waals surface area contributed by atoms with E-state index in [9.17, 15) is 9.59 Å². The third-order valence-corrected chi connectivity index (χ3v) is 4.66. The van der Waals surface area contributed by atoms with Crippen LogP contribution in [0.25, 0.3) is 0 Å². The fourth-order valence-electron chi connectivity index (χ4n) is 2.13. The largest absolute Gasteiger partial charge is 0.482 e. The maximum atomic E-state index is 12.3. The van der Waals surface area contributed by atoms with Gasteiger partial charge in [-0.2, -0.15) is 0 Å². The molecule has 0 aliphatic carbocycles. The second-order valence-electron chi connectivity index (χ2n) is 4.88. The Morgan fingerprint density at radius 2 is 2.23 bits per heavy atom. The van der Waals surface area contributed by atoms with E-state index in [0.29, 0.717) is 21.3 Å². The van der Waals surface area contributed by atoms with Crippen LogP contribution < -0.4 is 15.4 Å². The topological polar surface area (TPSA) is 67.4 Å². The molecule has 0 saturated heterocycles. The number of halogens is 1. The van der Waals surface area contributed by atoms with Crippen molar-refractivity contribution in [2.75, 3.05) is 11.9 Å². The molecule has 2 heterocycles. The molecule has 22 heavy (non-hydrogen) atoms. The quantitative estimate of drug-likeness (QED) is 0.904. The van der Waals surface area contributed by atoms with Crippen LogP contribution in [0.3, 0.4) is 0 Å². The number of nitrogens with one attached hydrogen (secondary N) is 2. The molecule has 0 fully saturated rings. The molecule has 0 unspecified atom stereocenters. The summed E-state index contributed by atoms with van der Waals surface area (Å²) in [6, 6.07) is 8.49. The minimum absolute atomic E-state index is 0.0395. The molecule has 2 aromatic rings. The van der Waals surface area contributed by atoms with Crippen molar-refractivity contribution in [3.63, 3.8) is 0 Å². The molecule has 2 amide bonds.